The predicted octanol–water partition coefficient (Wildman–Crippen LogP) is 5.75. The fourth-order valence-corrected chi connectivity index (χ4v) is 4.17. The molecule has 39 heavy (non-hydrogen) atoms. The van der Waals surface area contributed by atoms with Gasteiger partial charge in [-0.1, -0.05) is 17.3 Å². The Bertz CT molecular complexity index is 1380. The lowest BCUT2D eigenvalue weighted by Crippen LogP contribution is -2.45. The van der Waals surface area contributed by atoms with E-state index in [4.69, 9.17) is 9.57 Å². The zero-order valence-electron chi connectivity index (χ0n) is 21.0. The maximum atomic E-state index is 13.5. The van der Waals surface area contributed by atoms with Gasteiger partial charge in [-0.25, -0.2) is 4.98 Å². The van der Waals surface area contributed by atoms with Crippen LogP contribution in [0, 0.1) is 6.92 Å². The number of aliphatic hydroxyl groups excluding tert-OH is 1. The molecule has 0 saturated carbocycles. The number of hydrogen-bond donors (Lipinski definition) is 1. The van der Waals surface area contributed by atoms with Gasteiger partial charge in [-0.3, -0.25) is 0 Å². The lowest BCUT2D eigenvalue weighted by atomic mass is 9.96. The molecule has 1 aliphatic rings. The van der Waals surface area contributed by atoms with E-state index in [0.717, 1.165) is 11.4 Å². The predicted molar refractivity (Wildman–Crippen MR) is 130 cm³/mol. The van der Waals surface area contributed by atoms with Gasteiger partial charge in [0.15, 0.2) is 5.84 Å². The van der Waals surface area contributed by atoms with E-state index in [2.05, 4.69) is 10.1 Å². The van der Waals surface area contributed by atoms with Gasteiger partial charge in [0.25, 0.3) is 0 Å². The molecule has 1 unspecified atom stereocenters. The smallest absolute Gasteiger partial charge is 0.416 e. The number of nitrogens with zero attached hydrogens (tertiary/aromatic N) is 4. The van der Waals surface area contributed by atoms with Crippen molar-refractivity contribution in [3.63, 3.8) is 0 Å². The zero-order chi connectivity index (χ0) is 28.6. The number of ether oxygens (including phenoxy) is 1. The Hall–Kier alpha value is -4.00. The van der Waals surface area contributed by atoms with Crippen LogP contribution in [-0.4, -0.2) is 45.7 Å². The SMILES string of the molecule is COc1cc(/C=C/C2=NOC(C)(c3cc(C(F)(F)F)cc(C(F)(F)F)c3)N2CCO)ccc1-n1cnc(C)c1. The van der Waals surface area contributed by atoms with Crippen LogP contribution in [0.1, 0.15) is 34.9 Å². The third kappa shape index (κ3) is 5.72. The molecule has 7 nitrogen and oxygen atoms in total. The molecule has 0 amide bonds. The van der Waals surface area contributed by atoms with Crippen LogP contribution in [0.3, 0.4) is 0 Å². The summed E-state index contributed by atoms with van der Waals surface area (Å²) in [7, 11) is 1.50. The van der Waals surface area contributed by atoms with Gasteiger partial charge in [0, 0.05) is 25.2 Å². The minimum absolute atomic E-state index is 0.0437. The number of rotatable bonds is 7. The van der Waals surface area contributed by atoms with E-state index in [0.29, 0.717) is 23.4 Å². The molecular weight excluding hydrogens is 530 g/mol. The van der Waals surface area contributed by atoms with Crippen molar-refractivity contribution in [1.82, 2.24) is 14.5 Å². The molecule has 1 aliphatic heterocycles. The number of oxime groups is 1. The summed E-state index contributed by atoms with van der Waals surface area (Å²) in [5, 5.41) is 13.5. The molecule has 0 fully saturated rings. The van der Waals surface area contributed by atoms with Gasteiger partial charge in [-0.15, -0.1) is 0 Å². The molecule has 1 N–H and O–H groups in total. The molecule has 2 aromatic carbocycles. The van der Waals surface area contributed by atoms with Crippen LogP contribution in [0.15, 0.2) is 60.2 Å². The molecule has 3 aromatic rings. The second-order valence-electron chi connectivity index (χ2n) is 8.88. The second kappa shape index (κ2) is 10.3. The summed E-state index contributed by atoms with van der Waals surface area (Å²) in [5.41, 5.74) is -3.04. The number of methoxy groups -OCH3 is 1. The minimum Gasteiger partial charge on any atom is -0.495 e. The Labute approximate surface area is 219 Å². The summed E-state index contributed by atoms with van der Waals surface area (Å²) in [4.78, 5) is 10.9. The molecule has 1 aromatic heterocycles. The van der Waals surface area contributed by atoms with Crippen LogP contribution in [0.25, 0.3) is 11.8 Å². The molecule has 0 aliphatic carbocycles. The van der Waals surface area contributed by atoms with Gasteiger partial charge >= 0.3 is 12.4 Å². The normalized spacial score (nSPS) is 18.0. The first kappa shape index (κ1) is 28.0. The van der Waals surface area contributed by atoms with Gasteiger partial charge in [0.2, 0.25) is 5.72 Å². The Kier molecular flexibility index (Phi) is 7.39. The summed E-state index contributed by atoms with van der Waals surface area (Å²) in [6.07, 6.45) is -3.50. The second-order valence-corrected chi connectivity index (χ2v) is 8.88. The highest BCUT2D eigenvalue weighted by atomic mass is 19.4. The van der Waals surface area contributed by atoms with Crippen molar-refractivity contribution in [2.75, 3.05) is 20.3 Å². The highest BCUT2D eigenvalue weighted by Gasteiger charge is 2.46. The zero-order valence-corrected chi connectivity index (χ0v) is 21.0. The largest absolute Gasteiger partial charge is 0.495 e. The van der Waals surface area contributed by atoms with Gasteiger partial charge in [0.05, 0.1) is 42.6 Å². The minimum atomic E-state index is -5.03. The molecule has 0 saturated heterocycles. The van der Waals surface area contributed by atoms with Gasteiger partial charge in [-0.2, -0.15) is 26.3 Å². The van der Waals surface area contributed by atoms with E-state index in [1.165, 1.54) is 25.0 Å². The quantitative estimate of drug-likeness (QED) is 0.377. The van der Waals surface area contributed by atoms with Crippen LogP contribution >= 0.6 is 0 Å². The summed E-state index contributed by atoms with van der Waals surface area (Å²) in [6.45, 7) is 2.48. The average molecular weight is 554 g/mol. The Morgan fingerprint density at radius 1 is 1.03 bits per heavy atom. The summed E-state index contributed by atoms with van der Waals surface area (Å²) in [5.74, 6) is 0.616. The molecule has 208 valence electrons. The highest BCUT2D eigenvalue weighted by Crippen LogP contribution is 2.42. The molecule has 13 heteroatoms. The number of β-amino-alcohol motifs (C(OH)–C–C–N with tert-alkyl or cyclic N) is 1. The Balaban J connectivity index is 1.67. The third-order valence-electron chi connectivity index (χ3n) is 6.17. The number of alkyl halides is 6. The molecule has 0 radical (unpaired) electrons. The monoisotopic (exact) mass is 554 g/mol. The molecule has 0 bridgehead atoms. The summed E-state index contributed by atoms with van der Waals surface area (Å²) < 4.78 is 88.0. The van der Waals surface area contributed by atoms with Crippen LogP contribution in [0.2, 0.25) is 0 Å². The number of aromatic nitrogens is 2. The Morgan fingerprint density at radius 3 is 2.23 bits per heavy atom. The fourth-order valence-electron chi connectivity index (χ4n) is 4.17. The number of amidine groups is 1. The number of imidazole rings is 1. The first-order chi connectivity index (χ1) is 18.3. The average Bonchev–Trinajstić information content (AvgIpc) is 3.45. The van der Waals surface area contributed by atoms with E-state index in [-0.39, 0.29) is 18.4 Å². The number of aryl methyl sites for hydroxylation is 1. The first-order valence-corrected chi connectivity index (χ1v) is 11.6. The summed E-state index contributed by atoms with van der Waals surface area (Å²) in [6, 6.07) is 6.52. The summed E-state index contributed by atoms with van der Waals surface area (Å²) >= 11 is 0. The molecule has 0 spiro atoms. The number of halogens is 6. The Morgan fingerprint density at radius 2 is 1.69 bits per heavy atom. The number of hydrogen-bond acceptors (Lipinski definition) is 6. The van der Waals surface area contributed by atoms with Crippen molar-refractivity contribution < 1.29 is 41.0 Å². The van der Waals surface area contributed by atoms with Gasteiger partial charge < -0.3 is 24.1 Å². The molecular formula is C26H24F6N4O3. The van der Waals surface area contributed by atoms with Crippen LogP contribution in [0.5, 0.6) is 5.75 Å². The maximum absolute atomic E-state index is 13.5. The van der Waals surface area contributed by atoms with E-state index in [9.17, 15) is 31.4 Å². The number of aliphatic hydroxyl groups is 1. The third-order valence-corrected chi connectivity index (χ3v) is 6.17. The van der Waals surface area contributed by atoms with Crippen molar-refractivity contribution in [2.24, 2.45) is 5.16 Å². The van der Waals surface area contributed by atoms with Crippen molar-refractivity contribution in [3.05, 3.63) is 82.9 Å². The standard InChI is InChI=1S/C26H24F6N4O3/c1-16-14-35(15-33-16)21-6-4-17(10-22(21)38-3)5-7-23-34-39-24(2,36(23)8-9-37)18-11-19(25(27,28)29)13-20(12-18)26(30,31)32/h4-7,10-15,37H,8-9H2,1-3H3/b7-5+. The van der Waals surface area contributed by atoms with E-state index < -0.39 is 41.4 Å². The van der Waals surface area contributed by atoms with Crippen molar-refractivity contribution in [3.8, 4) is 11.4 Å². The van der Waals surface area contributed by atoms with Crippen molar-refractivity contribution in [1.29, 1.82) is 0 Å². The van der Waals surface area contributed by atoms with Crippen LogP contribution in [0.4, 0.5) is 26.3 Å². The molecule has 2 heterocycles. The lowest BCUT2D eigenvalue weighted by Gasteiger charge is -2.34. The maximum Gasteiger partial charge on any atom is 0.416 e. The van der Waals surface area contributed by atoms with Crippen molar-refractivity contribution in [2.45, 2.75) is 31.9 Å². The highest BCUT2D eigenvalue weighted by molar-refractivity contribution is 5.97. The van der Waals surface area contributed by atoms with Crippen LogP contribution < -0.4 is 4.74 Å². The van der Waals surface area contributed by atoms with Gasteiger partial charge in [-0.05, 0) is 48.9 Å². The van der Waals surface area contributed by atoms with Gasteiger partial charge in [0.1, 0.15) is 5.75 Å². The van der Waals surface area contributed by atoms with Crippen molar-refractivity contribution >= 4 is 11.9 Å². The topological polar surface area (TPSA) is 72.1 Å². The molecule has 4 rings (SSSR count). The fraction of sp³-hybridized carbons (Fsp3) is 0.308. The first-order valence-electron chi connectivity index (χ1n) is 11.6. The van der Waals surface area contributed by atoms with E-state index in [1.54, 1.807) is 35.2 Å². The lowest BCUT2D eigenvalue weighted by molar-refractivity contribution is -0.144. The van der Waals surface area contributed by atoms with E-state index in [1.807, 2.05) is 13.1 Å². The molecule has 1 atom stereocenters. The van der Waals surface area contributed by atoms with E-state index >= 15 is 0 Å². The number of benzene rings is 2. The van der Waals surface area contributed by atoms with Crippen LogP contribution in [-0.2, 0) is 22.9 Å².